The summed E-state index contributed by atoms with van der Waals surface area (Å²) in [5.74, 6) is 0. The fraction of sp³-hybridized carbons (Fsp3) is 0.529. The van der Waals surface area contributed by atoms with Crippen LogP contribution in [-0.2, 0) is 6.42 Å². The minimum atomic E-state index is 0.401. The third-order valence-corrected chi connectivity index (χ3v) is 5.29. The van der Waals surface area contributed by atoms with E-state index < -0.39 is 0 Å². The van der Waals surface area contributed by atoms with E-state index in [1.54, 1.807) is 0 Å². The zero-order valence-corrected chi connectivity index (χ0v) is 13.8. The third-order valence-electron chi connectivity index (χ3n) is 5.05. The lowest BCUT2D eigenvalue weighted by Crippen LogP contribution is -2.48. The fourth-order valence-electron chi connectivity index (χ4n) is 3.73. The molecule has 22 heavy (non-hydrogen) atoms. The highest BCUT2D eigenvalue weighted by Crippen LogP contribution is 2.32. The van der Waals surface area contributed by atoms with Gasteiger partial charge in [0.2, 0.25) is 0 Å². The molecular formula is C17H23ClN4. The van der Waals surface area contributed by atoms with Crippen molar-refractivity contribution >= 4 is 22.5 Å². The summed E-state index contributed by atoms with van der Waals surface area (Å²) in [6.07, 6.45) is 1.08. The second-order valence-electron chi connectivity index (χ2n) is 6.57. The first-order chi connectivity index (χ1) is 10.7. The molecule has 1 saturated heterocycles. The van der Waals surface area contributed by atoms with Crippen LogP contribution < -0.4 is 5.32 Å². The minimum absolute atomic E-state index is 0.401. The van der Waals surface area contributed by atoms with Crippen LogP contribution >= 0.6 is 11.6 Å². The Bertz CT molecular complexity index is 673. The average Bonchev–Trinajstić information content (AvgIpc) is 2.89. The summed E-state index contributed by atoms with van der Waals surface area (Å²) >= 11 is 6.18. The third kappa shape index (κ3) is 2.65. The molecule has 5 heteroatoms. The zero-order valence-electron chi connectivity index (χ0n) is 13.0. The predicted octanol–water partition coefficient (Wildman–Crippen LogP) is 2.26. The van der Waals surface area contributed by atoms with Crippen molar-refractivity contribution in [1.82, 2.24) is 20.1 Å². The smallest absolute Gasteiger partial charge is 0.0605 e. The summed E-state index contributed by atoms with van der Waals surface area (Å²) in [5.41, 5.74) is 4.03. The number of rotatable bonds is 2. The van der Waals surface area contributed by atoms with Gasteiger partial charge < -0.3 is 15.2 Å². The molecule has 0 saturated carbocycles. The van der Waals surface area contributed by atoms with Gasteiger partial charge in [-0.3, -0.25) is 4.90 Å². The van der Waals surface area contributed by atoms with Crippen LogP contribution in [0.1, 0.15) is 17.3 Å². The van der Waals surface area contributed by atoms with E-state index in [0.29, 0.717) is 6.04 Å². The topological polar surface area (TPSA) is 34.3 Å². The van der Waals surface area contributed by atoms with E-state index in [1.807, 2.05) is 6.07 Å². The molecular weight excluding hydrogens is 296 g/mol. The molecule has 1 unspecified atom stereocenters. The largest absolute Gasteiger partial charge is 0.357 e. The number of hydrogen-bond acceptors (Lipinski definition) is 3. The van der Waals surface area contributed by atoms with Gasteiger partial charge in [-0.1, -0.05) is 11.6 Å². The molecule has 3 heterocycles. The zero-order chi connectivity index (χ0) is 15.1. The average molecular weight is 319 g/mol. The predicted molar refractivity (Wildman–Crippen MR) is 91.7 cm³/mol. The maximum Gasteiger partial charge on any atom is 0.0605 e. The van der Waals surface area contributed by atoms with Crippen LogP contribution in [0.3, 0.4) is 0 Å². The summed E-state index contributed by atoms with van der Waals surface area (Å²) in [7, 11) is 2.20. The highest BCUT2D eigenvalue weighted by molar-refractivity contribution is 6.31. The second-order valence-corrected chi connectivity index (χ2v) is 7.00. The SMILES string of the molecule is CN1CCN(CC2NCCc3c2[nH]c2ccc(Cl)cc32)CC1. The van der Waals surface area contributed by atoms with Crippen LogP contribution in [0.5, 0.6) is 0 Å². The lowest BCUT2D eigenvalue weighted by Gasteiger charge is -2.36. The Morgan fingerprint density at radius 3 is 2.86 bits per heavy atom. The summed E-state index contributed by atoms with van der Waals surface area (Å²) in [5, 5.41) is 5.81. The van der Waals surface area contributed by atoms with E-state index in [0.717, 1.165) is 37.6 Å². The number of aromatic amines is 1. The molecule has 1 atom stereocenters. The standard InChI is InChI=1S/C17H23ClN4/c1-21-6-8-22(9-7-21)11-16-17-13(4-5-19-16)14-10-12(18)2-3-15(14)20-17/h2-3,10,16,19-20H,4-9,11H2,1H3. The monoisotopic (exact) mass is 318 g/mol. The van der Waals surface area contributed by atoms with Gasteiger partial charge in [-0.05, 0) is 43.8 Å². The van der Waals surface area contributed by atoms with Crippen molar-refractivity contribution in [3.8, 4) is 0 Å². The maximum atomic E-state index is 6.18. The molecule has 1 aromatic carbocycles. The van der Waals surface area contributed by atoms with E-state index in [2.05, 4.69) is 39.3 Å². The molecule has 4 nitrogen and oxygen atoms in total. The van der Waals surface area contributed by atoms with Gasteiger partial charge in [-0.2, -0.15) is 0 Å². The number of aromatic nitrogens is 1. The summed E-state index contributed by atoms with van der Waals surface area (Å²) in [4.78, 5) is 8.61. The van der Waals surface area contributed by atoms with Gasteiger partial charge in [0, 0.05) is 54.3 Å². The Balaban J connectivity index is 1.60. The van der Waals surface area contributed by atoms with Crippen molar-refractivity contribution in [2.24, 2.45) is 0 Å². The number of hydrogen-bond donors (Lipinski definition) is 2. The van der Waals surface area contributed by atoms with Crippen LogP contribution in [0.25, 0.3) is 10.9 Å². The van der Waals surface area contributed by atoms with Gasteiger partial charge in [0.15, 0.2) is 0 Å². The van der Waals surface area contributed by atoms with Gasteiger partial charge in [0.25, 0.3) is 0 Å². The number of H-pyrrole nitrogens is 1. The minimum Gasteiger partial charge on any atom is -0.357 e. The van der Waals surface area contributed by atoms with E-state index in [1.165, 1.54) is 35.2 Å². The van der Waals surface area contributed by atoms with Gasteiger partial charge in [-0.25, -0.2) is 0 Å². The number of nitrogens with zero attached hydrogens (tertiary/aromatic N) is 2. The highest BCUT2D eigenvalue weighted by atomic mass is 35.5. The molecule has 2 aliphatic heterocycles. The molecule has 0 spiro atoms. The Morgan fingerprint density at radius 2 is 2.05 bits per heavy atom. The number of nitrogens with one attached hydrogen (secondary N) is 2. The molecule has 1 aromatic heterocycles. The summed E-state index contributed by atoms with van der Waals surface area (Å²) in [6, 6.07) is 6.57. The summed E-state index contributed by atoms with van der Waals surface area (Å²) < 4.78 is 0. The molecule has 2 N–H and O–H groups in total. The van der Waals surface area contributed by atoms with Crippen molar-refractivity contribution in [2.45, 2.75) is 12.5 Å². The van der Waals surface area contributed by atoms with E-state index in [-0.39, 0.29) is 0 Å². The van der Waals surface area contributed by atoms with Gasteiger partial charge in [0.05, 0.1) is 6.04 Å². The fourth-order valence-corrected chi connectivity index (χ4v) is 3.90. The Labute approximate surface area is 136 Å². The lowest BCUT2D eigenvalue weighted by atomic mass is 9.99. The van der Waals surface area contributed by atoms with E-state index >= 15 is 0 Å². The first-order valence-electron chi connectivity index (χ1n) is 8.15. The lowest BCUT2D eigenvalue weighted by molar-refractivity contribution is 0.140. The van der Waals surface area contributed by atoms with Crippen LogP contribution in [0.4, 0.5) is 0 Å². The Kier molecular flexibility index (Phi) is 3.86. The van der Waals surface area contributed by atoms with Crippen LogP contribution in [0.15, 0.2) is 18.2 Å². The van der Waals surface area contributed by atoms with E-state index in [9.17, 15) is 0 Å². The summed E-state index contributed by atoms with van der Waals surface area (Å²) in [6.45, 7) is 6.79. The number of halogens is 1. The van der Waals surface area contributed by atoms with Gasteiger partial charge >= 0.3 is 0 Å². The van der Waals surface area contributed by atoms with Crippen molar-refractivity contribution in [3.63, 3.8) is 0 Å². The molecule has 0 bridgehead atoms. The molecule has 1 fully saturated rings. The molecule has 0 amide bonds. The van der Waals surface area contributed by atoms with Crippen LogP contribution in [0, 0.1) is 0 Å². The highest BCUT2D eigenvalue weighted by Gasteiger charge is 2.26. The molecule has 0 radical (unpaired) electrons. The Morgan fingerprint density at radius 1 is 1.23 bits per heavy atom. The molecule has 2 aliphatic rings. The van der Waals surface area contributed by atoms with E-state index in [4.69, 9.17) is 11.6 Å². The molecule has 0 aliphatic carbocycles. The van der Waals surface area contributed by atoms with Gasteiger partial charge in [-0.15, -0.1) is 0 Å². The molecule has 2 aromatic rings. The quantitative estimate of drug-likeness (QED) is 0.891. The molecule has 4 rings (SSSR count). The second kappa shape index (κ2) is 5.85. The molecule has 118 valence electrons. The Hall–Kier alpha value is -1.07. The number of fused-ring (bicyclic) bond motifs is 3. The van der Waals surface area contributed by atoms with Crippen molar-refractivity contribution in [2.75, 3.05) is 46.3 Å². The van der Waals surface area contributed by atoms with Crippen molar-refractivity contribution < 1.29 is 0 Å². The number of piperazine rings is 1. The van der Waals surface area contributed by atoms with Crippen LogP contribution in [-0.4, -0.2) is 61.1 Å². The van der Waals surface area contributed by atoms with Crippen LogP contribution in [0.2, 0.25) is 5.02 Å². The first kappa shape index (κ1) is 14.5. The maximum absolute atomic E-state index is 6.18. The van der Waals surface area contributed by atoms with Gasteiger partial charge in [0.1, 0.15) is 0 Å². The first-order valence-corrected chi connectivity index (χ1v) is 8.53. The van der Waals surface area contributed by atoms with Crippen molar-refractivity contribution in [3.05, 3.63) is 34.5 Å². The number of benzene rings is 1. The number of likely N-dealkylation sites (N-methyl/N-ethyl adjacent to an activating group) is 1. The van der Waals surface area contributed by atoms with Crippen molar-refractivity contribution in [1.29, 1.82) is 0 Å². The normalized spacial score (nSPS) is 23.8.